The van der Waals surface area contributed by atoms with Gasteiger partial charge in [0, 0.05) is 24.7 Å². The second-order valence-corrected chi connectivity index (χ2v) is 5.12. The van der Waals surface area contributed by atoms with Gasteiger partial charge >= 0.3 is 0 Å². The fourth-order valence-corrected chi connectivity index (χ4v) is 2.20. The van der Waals surface area contributed by atoms with E-state index in [2.05, 4.69) is 5.32 Å². The summed E-state index contributed by atoms with van der Waals surface area (Å²) in [5, 5.41) is 2.84. The van der Waals surface area contributed by atoms with Crippen LogP contribution in [0.15, 0.2) is 12.1 Å². The molecule has 1 aliphatic carbocycles. The van der Waals surface area contributed by atoms with Gasteiger partial charge in [-0.15, -0.1) is 0 Å². The minimum Gasteiger partial charge on any atom is -0.496 e. The van der Waals surface area contributed by atoms with Crippen LogP contribution in [0.5, 0.6) is 17.2 Å². The van der Waals surface area contributed by atoms with Gasteiger partial charge in [-0.05, 0) is 18.8 Å². The largest absolute Gasteiger partial charge is 0.496 e. The third kappa shape index (κ3) is 3.58. The number of methoxy groups -OCH3 is 3. The van der Waals surface area contributed by atoms with Crippen LogP contribution >= 0.6 is 0 Å². The minimum atomic E-state index is -0.232. The summed E-state index contributed by atoms with van der Waals surface area (Å²) in [7, 11) is 4.56. The number of carbonyl (C=O) groups is 1. The highest BCUT2D eigenvalue weighted by Crippen LogP contribution is 2.34. The molecule has 6 nitrogen and oxygen atoms in total. The molecule has 1 amide bonds. The van der Waals surface area contributed by atoms with E-state index in [1.165, 1.54) is 21.3 Å². The second-order valence-electron chi connectivity index (χ2n) is 5.12. The lowest BCUT2D eigenvalue weighted by Gasteiger charge is -2.15. The predicted molar refractivity (Wildman–Crippen MR) is 79.1 cm³/mol. The van der Waals surface area contributed by atoms with Gasteiger partial charge < -0.3 is 25.3 Å². The predicted octanol–water partition coefficient (Wildman–Crippen LogP) is 1.18. The van der Waals surface area contributed by atoms with E-state index in [1.807, 2.05) is 0 Å². The second kappa shape index (κ2) is 6.67. The van der Waals surface area contributed by atoms with Crippen LogP contribution in [-0.4, -0.2) is 39.8 Å². The zero-order valence-electron chi connectivity index (χ0n) is 12.6. The van der Waals surface area contributed by atoms with Crippen LogP contribution in [0.1, 0.15) is 23.2 Å². The van der Waals surface area contributed by atoms with E-state index >= 15 is 0 Å². The number of rotatable bonds is 7. The first-order valence-corrected chi connectivity index (χ1v) is 6.94. The summed E-state index contributed by atoms with van der Waals surface area (Å²) >= 11 is 0. The van der Waals surface area contributed by atoms with Crippen molar-refractivity contribution in [2.75, 3.05) is 27.9 Å². The highest BCUT2D eigenvalue weighted by molar-refractivity contribution is 5.97. The molecule has 1 unspecified atom stereocenters. The molecule has 1 aromatic rings. The molecule has 6 heteroatoms. The Morgan fingerprint density at radius 2 is 1.76 bits per heavy atom. The van der Waals surface area contributed by atoms with Crippen molar-refractivity contribution in [2.45, 2.75) is 18.9 Å². The molecule has 0 spiro atoms. The van der Waals surface area contributed by atoms with E-state index in [1.54, 1.807) is 12.1 Å². The lowest BCUT2D eigenvalue weighted by Crippen LogP contribution is -2.38. The Labute approximate surface area is 124 Å². The number of carbonyl (C=O) groups excluding carboxylic acids is 1. The third-order valence-electron chi connectivity index (χ3n) is 3.68. The van der Waals surface area contributed by atoms with Gasteiger partial charge in [-0.1, -0.05) is 0 Å². The summed E-state index contributed by atoms with van der Waals surface area (Å²) in [5.41, 5.74) is 6.39. The van der Waals surface area contributed by atoms with Crippen LogP contribution in [0.2, 0.25) is 0 Å². The molecule has 1 aliphatic rings. The van der Waals surface area contributed by atoms with Gasteiger partial charge in [0.1, 0.15) is 5.75 Å². The van der Waals surface area contributed by atoms with Gasteiger partial charge in [-0.3, -0.25) is 4.79 Å². The molecule has 0 aliphatic heterocycles. The van der Waals surface area contributed by atoms with Crippen LogP contribution in [-0.2, 0) is 0 Å². The van der Waals surface area contributed by atoms with Crippen LogP contribution in [0.25, 0.3) is 0 Å². The first-order chi connectivity index (χ1) is 10.1. The summed E-state index contributed by atoms with van der Waals surface area (Å²) in [5.74, 6) is 1.74. The van der Waals surface area contributed by atoms with Gasteiger partial charge in [-0.2, -0.15) is 0 Å². The average molecular weight is 294 g/mol. The van der Waals surface area contributed by atoms with Crippen molar-refractivity contribution >= 4 is 5.91 Å². The average Bonchev–Trinajstić information content (AvgIpc) is 3.35. The van der Waals surface area contributed by atoms with E-state index in [-0.39, 0.29) is 11.9 Å². The molecular formula is C15H22N2O4. The van der Waals surface area contributed by atoms with Crippen molar-refractivity contribution in [3.8, 4) is 17.2 Å². The molecule has 0 radical (unpaired) electrons. The SMILES string of the molecule is COc1cc(OC)c(C(=O)NCC(N)C2CC2)cc1OC. The molecule has 0 bridgehead atoms. The Morgan fingerprint density at radius 3 is 2.29 bits per heavy atom. The fraction of sp³-hybridized carbons (Fsp3) is 0.533. The van der Waals surface area contributed by atoms with Gasteiger partial charge in [0.2, 0.25) is 0 Å². The summed E-state index contributed by atoms with van der Waals surface area (Å²) in [4.78, 5) is 12.3. The van der Waals surface area contributed by atoms with E-state index in [0.29, 0.717) is 35.3 Å². The Bertz CT molecular complexity index is 515. The molecule has 116 valence electrons. The molecule has 1 atom stereocenters. The summed E-state index contributed by atoms with van der Waals surface area (Å²) in [6, 6.07) is 3.25. The smallest absolute Gasteiger partial charge is 0.255 e. The highest BCUT2D eigenvalue weighted by atomic mass is 16.5. The Morgan fingerprint density at radius 1 is 1.19 bits per heavy atom. The summed E-state index contributed by atoms with van der Waals surface area (Å²) < 4.78 is 15.7. The lowest BCUT2D eigenvalue weighted by atomic mass is 10.1. The van der Waals surface area contributed by atoms with Crippen molar-refractivity contribution in [2.24, 2.45) is 11.7 Å². The van der Waals surface area contributed by atoms with E-state index in [4.69, 9.17) is 19.9 Å². The molecule has 1 saturated carbocycles. The molecule has 0 saturated heterocycles. The zero-order chi connectivity index (χ0) is 15.4. The molecule has 1 fully saturated rings. The third-order valence-corrected chi connectivity index (χ3v) is 3.68. The van der Waals surface area contributed by atoms with E-state index in [0.717, 1.165) is 12.8 Å². The molecule has 1 aromatic carbocycles. The number of ether oxygens (including phenoxy) is 3. The lowest BCUT2D eigenvalue weighted by molar-refractivity contribution is 0.0947. The van der Waals surface area contributed by atoms with Crippen molar-refractivity contribution in [3.05, 3.63) is 17.7 Å². The number of hydrogen-bond acceptors (Lipinski definition) is 5. The summed E-state index contributed by atoms with van der Waals surface area (Å²) in [6.45, 7) is 0.459. The first kappa shape index (κ1) is 15.4. The Balaban J connectivity index is 2.14. The number of amides is 1. The van der Waals surface area contributed by atoms with Gasteiger partial charge in [0.15, 0.2) is 11.5 Å². The number of nitrogens with two attached hydrogens (primary N) is 1. The zero-order valence-corrected chi connectivity index (χ0v) is 12.6. The van der Waals surface area contributed by atoms with Crippen LogP contribution in [0, 0.1) is 5.92 Å². The van der Waals surface area contributed by atoms with Crippen molar-refractivity contribution in [3.63, 3.8) is 0 Å². The van der Waals surface area contributed by atoms with Crippen LogP contribution < -0.4 is 25.3 Å². The molecule has 3 N–H and O–H groups in total. The van der Waals surface area contributed by atoms with Crippen molar-refractivity contribution in [1.82, 2.24) is 5.32 Å². The highest BCUT2D eigenvalue weighted by Gasteiger charge is 2.29. The topological polar surface area (TPSA) is 82.8 Å². The molecular weight excluding hydrogens is 272 g/mol. The molecule has 0 heterocycles. The number of hydrogen-bond donors (Lipinski definition) is 2. The van der Waals surface area contributed by atoms with E-state index < -0.39 is 0 Å². The van der Waals surface area contributed by atoms with Crippen molar-refractivity contribution < 1.29 is 19.0 Å². The maximum Gasteiger partial charge on any atom is 0.255 e. The Kier molecular flexibility index (Phi) is 4.90. The Hall–Kier alpha value is -1.95. The molecule has 21 heavy (non-hydrogen) atoms. The van der Waals surface area contributed by atoms with Crippen LogP contribution in [0.4, 0.5) is 0 Å². The maximum atomic E-state index is 12.3. The molecule has 2 rings (SSSR count). The summed E-state index contributed by atoms with van der Waals surface area (Å²) in [6.07, 6.45) is 2.30. The van der Waals surface area contributed by atoms with Gasteiger partial charge in [0.05, 0.1) is 26.9 Å². The first-order valence-electron chi connectivity index (χ1n) is 6.94. The molecule has 0 aromatic heterocycles. The fourth-order valence-electron chi connectivity index (χ4n) is 2.20. The standard InChI is InChI=1S/C15H22N2O4/c1-19-12-7-14(21-3)13(20-2)6-10(12)15(18)17-8-11(16)9-4-5-9/h6-7,9,11H,4-5,8,16H2,1-3H3,(H,17,18). The number of benzene rings is 1. The monoisotopic (exact) mass is 294 g/mol. The minimum absolute atomic E-state index is 0.0140. The quantitative estimate of drug-likeness (QED) is 0.789. The van der Waals surface area contributed by atoms with Gasteiger partial charge in [0.25, 0.3) is 5.91 Å². The number of nitrogens with one attached hydrogen (secondary N) is 1. The maximum absolute atomic E-state index is 12.3. The van der Waals surface area contributed by atoms with Crippen LogP contribution in [0.3, 0.4) is 0 Å². The normalized spacial score (nSPS) is 15.2. The van der Waals surface area contributed by atoms with Gasteiger partial charge in [-0.25, -0.2) is 0 Å². The van der Waals surface area contributed by atoms with Crippen molar-refractivity contribution in [1.29, 1.82) is 0 Å². The van der Waals surface area contributed by atoms with E-state index in [9.17, 15) is 4.79 Å².